The summed E-state index contributed by atoms with van der Waals surface area (Å²) in [7, 11) is 0. The molecule has 1 aromatic heterocycles. The Labute approximate surface area is 117 Å². The predicted octanol–water partition coefficient (Wildman–Crippen LogP) is 3.35. The summed E-state index contributed by atoms with van der Waals surface area (Å²) in [6, 6.07) is 5.02. The molecule has 0 aliphatic carbocycles. The van der Waals surface area contributed by atoms with Crippen molar-refractivity contribution in [3.63, 3.8) is 0 Å². The first-order valence-corrected chi connectivity index (χ1v) is 7.00. The van der Waals surface area contributed by atoms with E-state index in [-0.39, 0.29) is 17.1 Å². The van der Waals surface area contributed by atoms with Crippen molar-refractivity contribution in [2.45, 2.75) is 27.2 Å². The second kappa shape index (κ2) is 4.33. The molecule has 1 aliphatic heterocycles. The third kappa shape index (κ3) is 1.99. The first-order chi connectivity index (χ1) is 9.41. The van der Waals surface area contributed by atoms with Crippen molar-refractivity contribution in [2.24, 2.45) is 5.41 Å². The number of amides is 1. The number of carbonyl (C=O) groups excluding carboxylic acids is 1. The summed E-state index contributed by atoms with van der Waals surface area (Å²) >= 11 is 0. The third-order valence-corrected chi connectivity index (χ3v) is 3.97. The molecule has 0 unspecified atom stereocenters. The molecule has 1 fully saturated rings. The molecular formula is C16H19FN2O. The smallest absolute Gasteiger partial charge is 0.270 e. The molecule has 1 aromatic carbocycles. The number of nitrogens with zero attached hydrogens (tertiary/aromatic N) is 1. The Bertz CT molecular complexity index is 679. The maximum atomic E-state index is 13.8. The number of aromatic nitrogens is 1. The number of fused-ring (bicyclic) bond motifs is 1. The molecule has 1 N–H and O–H groups in total. The summed E-state index contributed by atoms with van der Waals surface area (Å²) in [5.74, 6) is -0.345. The van der Waals surface area contributed by atoms with Crippen LogP contribution in [0.15, 0.2) is 18.2 Å². The number of H-pyrrole nitrogens is 1. The molecule has 0 spiro atoms. The summed E-state index contributed by atoms with van der Waals surface area (Å²) in [5, 5.41) is 0.815. The first kappa shape index (κ1) is 13.2. The molecule has 3 nitrogen and oxygen atoms in total. The molecule has 106 valence electrons. The van der Waals surface area contributed by atoms with Crippen molar-refractivity contribution in [3.05, 3.63) is 35.3 Å². The molecule has 3 rings (SSSR count). The van der Waals surface area contributed by atoms with Gasteiger partial charge >= 0.3 is 0 Å². The van der Waals surface area contributed by atoms with Gasteiger partial charge in [0.15, 0.2) is 0 Å². The number of benzene rings is 1. The van der Waals surface area contributed by atoms with Crippen molar-refractivity contribution in [1.29, 1.82) is 0 Å². The molecular weight excluding hydrogens is 255 g/mol. The van der Waals surface area contributed by atoms with Crippen LogP contribution >= 0.6 is 0 Å². The van der Waals surface area contributed by atoms with Crippen LogP contribution in [0.1, 0.15) is 36.8 Å². The van der Waals surface area contributed by atoms with Crippen molar-refractivity contribution >= 4 is 16.8 Å². The Balaban J connectivity index is 1.97. The van der Waals surface area contributed by atoms with E-state index in [4.69, 9.17) is 0 Å². The SMILES string of the molecule is CCc1ccc(F)c2[nH]c(C(=O)N3CC(C)(C)C3)cc12. The Morgan fingerprint density at radius 1 is 1.40 bits per heavy atom. The van der Waals surface area contributed by atoms with E-state index in [1.54, 1.807) is 17.0 Å². The van der Waals surface area contributed by atoms with Crippen molar-refractivity contribution < 1.29 is 9.18 Å². The fraction of sp³-hybridized carbons (Fsp3) is 0.438. The van der Waals surface area contributed by atoms with Gasteiger partial charge in [0.05, 0.1) is 5.52 Å². The quantitative estimate of drug-likeness (QED) is 0.895. The Kier molecular flexibility index (Phi) is 2.85. The molecule has 0 atom stereocenters. The Hall–Kier alpha value is -1.84. The average Bonchev–Trinajstić information content (AvgIpc) is 2.81. The third-order valence-electron chi connectivity index (χ3n) is 3.97. The summed E-state index contributed by atoms with van der Waals surface area (Å²) in [5.41, 5.74) is 2.17. The molecule has 0 saturated carbocycles. The first-order valence-electron chi connectivity index (χ1n) is 7.00. The van der Waals surface area contributed by atoms with E-state index in [1.165, 1.54) is 6.07 Å². The molecule has 20 heavy (non-hydrogen) atoms. The van der Waals surface area contributed by atoms with E-state index >= 15 is 0 Å². The monoisotopic (exact) mass is 274 g/mol. The second-order valence-electron chi connectivity index (χ2n) is 6.36. The van der Waals surface area contributed by atoms with Crippen LogP contribution in [0.2, 0.25) is 0 Å². The van der Waals surface area contributed by atoms with Crippen molar-refractivity contribution in [2.75, 3.05) is 13.1 Å². The number of hydrogen-bond donors (Lipinski definition) is 1. The van der Waals surface area contributed by atoms with Gasteiger partial charge in [0.1, 0.15) is 11.5 Å². The maximum absolute atomic E-state index is 13.8. The maximum Gasteiger partial charge on any atom is 0.270 e. The lowest BCUT2D eigenvalue weighted by Crippen LogP contribution is -2.55. The molecule has 1 aliphatic rings. The lowest BCUT2D eigenvalue weighted by molar-refractivity contribution is 0.0232. The number of likely N-dealkylation sites (tertiary alicyclic amines) is 1. The number of nitrogens with one attached hydrogen (secondary N) is 1. The number of carbonyl (C=O) groups is 1. The highest BCUT2D eigenvalue weighted by Gasteiger charge is 2.37. The molecule has 0 radical (unpaired) electrons. The molecule has 1 amide bonds. The van der Waals surface area contributed by atoms with Gasteiger partial charge < -0.3 is 9.88 Å². The fourth-order valence-corrected chi connectivity index (χ4v) is 2.97. The van der Waals surface area contributed by atoms with E-state index in [0.717, 1.165) is 30.5 Å². The fourth-order valence-electron chi connectivity index (χ4n) is 2.97. The summed E-state index contributed by atoms with van der Waals surface area (Å²) in [4.78, 5) is 17.1. The van der Waals surface area contributed by atoms with Crippen LogP contribution in [0.3, 0.4) is 0 Å². The molecule has 0 bridgehead atoms. The Morgan fingerprint density at radius 3 is 2.70 bits per heavy atom. The highest BCUT2D eigenvalue weighted by atomic mass is 19.1. The number of rotatable bonds is 2. The zero-order valence-corrected chi connectivity index (χ0v) is 12.1. The predicted molar refractivity (Wildman–Crippen MR) is 77.3 cm³/mol. The van der Waals surface area contributed by atoms with E-state index in [2.05, 4.69) is 18.8 Å². The lowest BCUT2D eigenvalue weighted by atomic mass is 9.84. The zero-order valence-electron chi connectivity index (χ0n) is 12.1. The van der Waals surface area contributed by atoms with Gasteiger partial charge in [-0.3, -0.25) is 4.79 Å². The number of halogens is 1. The van der Waals surface area contributed by atoms with Crippen molar-refractivity contribution in [1.82, 2.24) is 9.88 Å². The highest BCUT2D eigenvalue weighted by Crippen LogP contribution is 2.31. The van der Waals surface area contributed by atoms with Crippen LogP contribution in [-0.2, 0) is 6.42 Å². The molecule has 1 saturated heterocycles. The highest BCUT2D eigenvalue weighted by molar-refractivity contribution is 5.99. The Morgan fingerprint density at radius 2 is 2.10 bits per heavy atom. The minimum absolute atomic E-state index is 0.0398. The van der Waals surface area contributed by atoms with Crippen LogP contribution in [0.5, 0.6) is 0 Å². The van der Waals surface area contributed by atoms with E-state index < -0.39 is 0 Å². The number of aryl methyl sites for hydroxylation is 1. The van der Waals surface area contributed by atoms with Gasteiger partial charge in [-0.25, -0.2) is 4.39 Å². The zero-order chi connectivity index (χ0) is 14.5. The minimum Gasteiger partial charge on any atom is -0.348 e. The standard InChI is InChI=1S/C16H19FN2O/c1-4-10-5-6-12(17)14-11(10)7-13(18-14)15(20)19-8-16(2,3)9-19/h5-7,18H,4,8-9H2,1-3H3. The van der Waals surface area contributed by atoms with Crippen LogP contribution in [0, 0.1) is 11.2 Å². The minimum atomic E-state index is -0.305. The van der Waals surface area contributed by atoms with E-state index in [1.807, 2.05) is 6.92 Å². The van der Waals surface area contributed by atoms with E-state index in [0.29, 0.717) is 11.2 Å². The van der Waals surface area contributed by atoms with Crippen molar-refractivity contribution in [3.8, 4) is 0 Å². The van der Waals surface area contributed by atoms with Gasteiger partial charge in [-0.15, -0.1) is 0 Å². The van der Waals surface area contributed by atoms with Crippen LogP contribution in [0.25, 0.3) is 10.9 Å². The van der Waals surface area contributed by atoms with Crippen LogP contribution in [0.4, 0.5) is 4.39 Å². The summed E-state index contributed by atoms with van der Waals surface area (Å²) in [6.07, 6.45) is 0.818. The van der Waals surface area contributed by atoms with Crippen LogP contribution < -0.4 is 0 Å². The van der Waals surface area contributed by atoms with Gasteiger partial charge in [-0.2, -0.15) is 0 Å². The average molecular weight is 274 g/mol. The normalized spacial score (nSPS) is 17.3. The van der Waals surface area contributed by atoms with E-state index in [9.17, 15) is 9.18 Å². The second-order valence-corrected chi connectivity index (χ2v) is 6.36. The molecule has 2 aromatic rings. The summed E-state index contributed by atoms with van der Waals surface area (Å²) in [6.45, 7) is 7.81. The molecule has 2 heterocycles. The van der Waals surface area contributed by atoms with Gasteiger partial charge in [0, 0.05) is 18.5 Å². The van der Waals surface area contributed by atoms with Gasteiger partial charge in [-0.1, -0.05) is 26.8 Å². The van der Waals surface area contributed by atoms with Gasteiger partial charge in [0.2, 0.25) is 0 Å². The number of aromatic amines is 1. The van der Waals surface area contributed by atoms with Crippen LogP contribution in [-0.4, -0.2) is 28.9 Å². The van der Waals surface area contributed by atoms with Gasteiger partial charge in [0.25, 0.3) is 5.91 Å². The molecule has 4 heteroatoms. The topological polar surface area (TPSA) is 36.1 Å². The lowest BCUT2D eigenvalue weighted by Gasteiger charge is -2.45. The number of hydrogen-bond acceptors (Lipinski definition) is 1. The largest absolute Gasteiger partial charge is 0.348 e. The van der Waals surface area contributed by atoms with Gasteiger partial charge in [-0.05, 0) is 29.5 Å². The summed E-state index contributed by atoms with van der Waals surface area (Å²) < 4.78 is 13.8.